The molecular weight excluding hydrogens is 432 g/mol. The van der Waals surface area contributed by atoms with E-state index in [4.69, 9.17) is 18.6 Å². The highest BCUT2D eigenvalue weighted by Gasteiger charge is 2.61. The largest absolute Gasteiger partial charge is 0.452 e. The van der Waals surface area contributed by atoms with E-state index in [0.717, 1.165) is 10.5 Å². The Morgan fingerprint density at radius 3 is 2.47 bits per heavy atom. The number of hydrogen-bond donors (Lipinski definition) is 0. The van der Waals surface area contributed by atoms with Gasteiger partial charge < -0.3 is 23.5 Å². The van der Waals surface area contributed by atoms with E-state index in [2.05, 4.69) is 33.9 Å². The molecule has 0 aromatic rings. The van der Waals surface area contributed by atoms with Crippen molar-refractivity contribution in [1.29, 1.82) is 0 Å². The van der Waals surface area contributed by atoms with Crippen molar-refractivity contribution < 1.29 is 33.0 Å². The zero-order chi connectivity index (χ0) is 24.3. The third kappa shape index (κ3) is 5.08. The fraction of sp³-hybridized carbons (Fsp3) is 0.773. The summed E-state index contributed by atoms with van der Waals surface area (Å²) in [6.07, 6.45) is 1.16. The molecule has 2 rings (SSSR count). The molecule has 2 fully saturated rings. The lowest BCUT2D eigenvalue weighted by Gasteiger charge is -2.46. The SMILES string of the molecule is COCO[C@H]1CCN2C(=O)CN(C(=O)OC)C(=O)[C@@]12C/C=C(\C)CO[Si](C)(C)C(C)(C)C. The van der Waals surface area contributed by atoms with Gasteiger partial charge in [-0.2, -0.15) is 0 Å². The topological polar surface area (TPSA) is 94.6 Å². The molecule has 0 saturated carbocycles. The van der Waals surface area contributed by atoms with Gasteiger partial charge in [-0.25, -0.2) is 9.69 Å². The average molecular weight is 471 g/mol. The molecule has 3 amide bonds. The van der Waals surface area contributed by atoms with Crippen molar-refractivity contribution in [2.24, 2.45) is 0 Å². The molecule has 2 saturated heterocycles. The number of carbonyl (C=O) groups is 3. The van der Waals surface area contributed by atoms with Gasteiger partial charge in [0.05, 0.1) is 19.8 Å². The quantitative estimate of drug-likeness (QED) is 0.306. The second-order valence-corrected chi connectivity index (χ2v) is 14.8. The van der Waals surface area contributed by atoms with Crippen molar-refractivity contribution in [3.63, 3.8) is 0 Å². The first kappa shape index (κ1) is 26.5. The van der Waals surface area contributed by atoms with Crippen LogP contribution < -0.4 is 0 Å². The van der Waals surface area contributed by atoms with E-state index in [1.165, 1.54) is 14.2 Å². The Bertz CT molecular complexity index is 762. The first-order valence-electron chi connectivity index (χ1n) is 10.9. The van der Waals surface area contributed by atoms with Gasteiger partial charge in [0.15, 0.2) is 13.9 Å². The molecule has 0 spiro atoms. The van der Waals surface area contributed by atoms with Crippen LogP contribution in [0.1, 0.15) is 40.5 Å². The summed E-state index contributed by atoms with van der Waals surface area (Å²) in [5.41, 5.74) is -0.364. The Morgan fingerprint density at radius 2 is 1.91 bits per heavy atom. The summed E-state index contributed by atoms with van der Waals surface area (Å²) in [5.74, 6) is -0.793. The van der Waals surface area contributed by atoms with Crippen LogP contribution in [0, 0.1) is 0 Å². The van der Waals surface area contributed by atoms with E-state index in [1.807, 2.05) is 13.0 Å². The second-order valence-electron chi connectivity index (χ2n) is 9.99. The summed E-state index contributed by atoms with van der Waals surface area (Å²) in [6, 6.07) is 0. The summed E-state index contributed by atoms with van der Waals surface area (Å²) in [4.78, 5) is 41.1. The minimum absolute atomic E-state index is 0.0167. The molecule has 0 aliphatic carbocycles. The van der Waals surface area contributed by atoms with E-state index >= 15 is 0 Å². The monoisotopic (exact) mass is 470 g/mol. The number of piperazine rings is 1. The molecule has 182 valence electrons. The molecule has 2 aliphatic heterocycles. The molecule has 0 unspecified atom stereocenters. The molecule has 0 N–H and O–H groups in total. The molecule has 32 heavy (non-hydrogen) atoms. The molecule has 10 heteroatoms. The molecule has 9 nitrogen and oxygen atoms in total. The van der Waals surface area contributed by atoms with Gasteiger partial charge in [0, 0.05) is 20.1 Å². The summed E-state index contributed by atoms with van der Waals surface area (Å²) >= 11 is 0. The highest BCUT2D eigenvalue weighted by molar-refractivity contribution is 6.74. The van der Waals surface area contributed by atoms with Crippen molar-refractivity contribution in [2.45, 2.75) is 70.3 Å². The van der Waals surface area contributed by atoms with Crippen LogP contribution in [-0.2, 0) is 28.2 Å². The third-order valence-electron chi connectivity index (χ3n) is 6.85. The fourth-order valence-electron chi connectivity index (χ4n) is 3.84. The lowest BCUT2D eigenvalue weighted by atomic mass is 9.85. The van der Waals surface area contributed by atoms with E-state index < -0.39 is 32.0 Å². The maximum Gasteiger partial charge on any atom is 0.416 e. The maximum absolute atomic E-state index is 13.6. The summed E-state index contributed by atoms with van der Waals surface area (Å²) in [5, 5.41) is 0.0834. The molecular formula is C22H38N2O7Si. The lowest BCUT2D eigenvalue weighted by molar-refractivity contribution is -0.171. The summed E-state index contributed by atoms with van der Waals surface area (Å²) in [7, 11) is 0.752. The number of carbonyl (C=O) groups excluding carboxylic acids is 3. The van der Waals surface area contributed by atoms with E-state index in [0.29, 0.717) is 19.6 Å². The highest BCUT2D eigenvalue weighted by atomic mass is 28.4. The molecule has 2 atom stereocenters. The van der Waals surface area contributed by atoms with Gasteiger partial charge in [0.1, 0.15) is 13.3 Å². The first-order chi connectivity index (χ1) is 14.8. The molecule has 0 bridgehead atoms. The molecule has 0 radical (unpaired) electrons. The second kappa shape index (κ2) is 10.0. The zero-order valence-electron chi connectivity index (χ0n) is 20.6. The van der Waals surface area contributed by atoms with Crippen LogP contribution in [0.4, 0.5) is 4.79 Å². The Balaban J connectivity index is 2.33. The number of imide groups is 1. The predicted molar refractivity (Wildman–Crippen MR) is 121 cm³/mol. The smallest absolute Gasteiger partial charge is 0.416 e. The van der Waals surface area contributed by atoms with Crippen LogP contribution in [0.25, 0.3) is 0 Å². The zero-order valence-corrected chi connectivity index (χ0v) is 21.6. The Labute approximate surface area is 192 Å². The van der Waals surface area contributed by atoms with Crippen LogP contribution in [-0.4, -0.2) is 88.4 Å². The summed E-state index contributed by atoms with van der Waals surface area (Å²) in [6.45, 7) is 13.3. The van der Waals surface area contributed by atoms with Gasteiger partial charge >= 0.3 is 6.09 Å². The molecule has 0 aromatic carbocycles. The van der Waals surface area contributed by atoms with E-state index in [9.17, 15) is 14.4 Å². The molecule has 0 aromatic heterocycles. The van der Waals surface area contributed by atoms with Crippen LogP contribution in [0.5, 0.6) is 0 Å². The minimum Gasteiger partial charge on any atom is -0.452 e. The Hall–Kier alpha value is -1.75. The van der Waals surface area contributed by atoms with Gasteiger partial charge in [0.2, 0.25) is 5.91 Å². The van der Waals surface area contributed by atoms with Gasteiger partial charge in [0.25, 0.3) is 5.91 Å². The van der Waals surface area contributed by atoms with Crippen molar-refractivity contribution >= 4 is 26.2 Å². The van der Waals surface area contributed by atoms with Crippen molar-refractivity contribution in [2.75, 3.05) is 40.7 Å². The number of nitrogens with zero attached hydrogens (tertiary/aromatic N) is 2. The maximum atomic E-state index is 13.6. The first-order valence-corrected chi connectivity index (χ1v) is 13.8. The number of rotatable bonds is 8. The number of methoxy groups -OCH3 is 2. The van der Waals surface area contributed by atoms with Crippen LogP contribution in [0.2, 0.25) is 18.1 Å². The van der Waals surface area contributed by atoms with Gasteiger partial charge in [-0.3, -0.25) is 9.59 Å². The average Bonchev–Trinajstić information content (AvgIpc) is 3.10. The number of ether oxygens (including phenoxy) is 3. The van der Waals surface area contributed by atoms with Gasteiger partial charge in [-0.15, -0.1) is 0 Å². The lowest BCUT2D eigenvalue weighted by Crippen LogP contribution is -2.70. The van der Waals surface area contributed by atoms with Crippen LogP contribution in [0.3, 0.4) is 0 Å². The van der Waals surface area contributed by atoms with Crippen LogP contribution >= 0.6 is 0 Å². The summed E-state index contributed by atoms with van der Waals surface area (Å²) < 4.78 is 21.9. The van der Waals surface area contributed by atoms with E-state index in [-0.39, 0.29) is 30.7 Å². The van der Waals surface area contributed by atoms with Crippen molar-refractivity contribution in [3.8, 4) is 0 Å². The molecule has 2 heterocycles. The van der Waals surface area contributed by atoms with Crippen LogP contribution in [0.15, 0.2) is 11.6 Å². The Kier molecular flexibility index (Phi) is 8.30. The third-order valence-corrected chi connectivity index (χ3v) is 11.3. The number of fused-ring (bicyclic) bond motifs is 1. The van der Waals surface area contributed by atoms with Gasteiger partial charge in [-0.1, -0.05) is 32.4 Å². The minimum atomic E-state index is -1.93. The highest BCUT2D eigenvalue weighted by Crippen LogP contribution is 2.41. The van der Waals surface area contributed by atoms with Crippen molar-refractivity contribution in [3.05, 3.63) is 11.6 Å². The normalized spacial score (nSPS) is 24.8. The predicted octanol–water partition coefficient (Wildman–Crippen LogP) is 2.91. The Morgan fingerprint density at radius 1 is 1.25 bits per heavy atom. The number of hydrogen-bond acceptors (Lipinski definition) is 7. The fourth-order valence-corrected chi connectivity index (χ4v) is 4.86. The van der Waals surface area contributed by atoms with Gasteiger partial charge in [-0.05, 0) is 31.5 Å². The number of amides is 3. The van der Waals surface area contributed by atoms with E-state index in [1.54, 1.807) is 4.90 Å². The van der Waals surface area contributed by atoms with Crippen molar-refractivity contribution in [1.82, 2.24) is 9.80 Å². The molecule has 2 aliphatic rings. The standard InChI is InChI=1S/C22H38N2O7Si/c1-16(14-31-32(7,8)21(2,3)4)9-11-22-17(30-15-28-5)10-12-24(22)18(25)13-23(19(22)26)20(27)29-6/h9,17H,10-15H2,1-8H3/b16-9+/t17-,22+/m0/s1.